The lowest BCUT2D eigenvalue weighted by Crippen LogP contribution is -2.00. The first-order chi connectivity index (χ1) is 8.41. The van der Waals surface area contributed by atoms with E-state index in [0.717, 1.165) is 21.3 Å². The topological polar surface area (TPSA) is 43.8 Å². The maximum absolute atomic E-state index is 6.08. The molecule has 0 fully saturated rings. The Labute approximate surface area is 120 Å². The van der Waals surface area contributed by atoms with Crippen LogP contribution < -0.4 is 5.73 Å². The summed E-state index contributed by atoms with van der Waals surface area (Å²) < 4.78 is 2.67. The normalized spacial score (nSPS) is 11.2. The van der Waals surface area contributed by atoms with Gasteiger partial charge in [0.15, 0.2) is 0 Å². The van der Waals surface area contributed by atoms with Crippen molar-refractivity contribution < 1.29 is 0 Å². The van der Waals surface area contributed by atoms with Gasteiger partial charge < -0.3 is 5.73 Å². The molecule has 0 saturated carbocycles. The number of aromatic nitrogens is 2. The van der Waals surface area contributed by atoms with E-state index in [1.807, 2.05) is 25.2 Å². The van der Waals surface area contributed by atoms with E-state index >= 15 is 0 Å². The molecule has 0 bridgehead atoms. The zero-order valence-corrected chi connectivity index (χ0v) is 12.9. The van der Waals surface area contributed by atoms with Crippen molar-refractivity contribution in [3.8, 4) is 11.3 Å². The molecule has 2 rings (SSSR count). The third-order valence-electron chi connectivity index (χ3n) is 2.89. The summed E-state index contributed by atoms with van der Waals surface area (Å²) in [7, 11) is 1.85. The van der Waals surface area contributed by atoms with Crippen molar-refractivity contribution in [3.05, 3.63) is 33.3 Å². The van der Waals surface area contributed by atoms with Crippen LogP contribution in [0.3, 0.4) is 0 Å². The van der Waals surface area contributed by atoms with Crippen LogP contribution in [-0.2, 0) is 7.05 Å². The van der Waals surface area contributed by atoms with E-state index in [4.69, 9.17) is 17.3 Å². The van der Waals surface area contributed by atoms with Crippen LogP contribution in [0.2, 0.25) is 5.02 Å². The van der Waals surface area contributed by atoms with Crippen LogP contribution in [-0.4, -0.2) is 9.78 Å². The molecule has 2 N–H and O–H groups in total. The van der Waals surface area contributed by atoms with Crippen LogP contribution in [0.1, 0.15) is 25.3 Å². The molecule has 5 heteroatoms. The molecule has 3 nitrogen and oxygen atoms in total. The minimum Gasteiger partial charge on any atom is -0.384 e. The van der Waals surface area contributed by atoms with Crippen LogP contribution in [0.15, 0.2) is 22.7 Å². The highest BCUT2D eigenvalue weighted by atomic mass is 79.9. The van der Waals surface area contributed by atoms with E-state index in [0.29, 0.717) is 16.8 Å². The number of anilines is 1. The van der Waals surface area contributed by atoms with Gasteiger partial charge in [0.25, 0.3) is 0 Å². The number of nitrogens with two attached hydrogens (primary N) is 1. The standard InChI is InChI=1S/C13H15BrClN3/c1-7(2)11-12(17-18(3)13(11)16)9-6-8(15)4-5-10(9)14/h4-7H,16H2,1-3H3. The van der Waals surface area contributed by atoms with Gasteiger partial charge in [-0.15, -0.1) is 0 Å². The zero-order chi connectivity index (χ0) is 13.4. The largest absolute Gasteiger partial charge is 0.384 e. The molecule has 1 aromatic heterocycles. The summed E-state index contributed by atoms with van der Waals surface area (Å²) in [5.74, 6) is 1.01. The van der Waals surface area contributed by atoms with Gasteiger partial charge in [-0.2, -0.15) is 5.10 Å². The minimum atomic E-state index is 0.305. The van der Waals surface area contributed by atoms with Crippen LogP contribution in [0, 0.1) is 0 Å². The Morgan fingerprint density at radius 3 is 2.67 bits per heavy atom. The second-order valence-corrected chi connectivity index (χ2v) is 5.84. The first kappa shape index (κ1) is 13.4. The van der Waals surface area contributed by atoms with Crippen molar-refractivity contribution >= 4 is 33.3 Å². The number of rotatable bonds is 2. The van der Waals surface area contributed by atoms with Gasteiger partial charge >= 0.3 is 0 Å². The van der Waals surface area contributed by atoms with Gasteiger partial charge in [-0.25, -0.2) is 0 Å². The number of hydrogen-bond donors (Lipinski definition) is 1. The zero-order valence-electron chi connectivity index (χ0n) is 10.5. The van der Waals surface area contributed by atoms with Crippen molar-refractivity contribution in [2.24, 2.45) is 7.05 Å². The van der Waals surface area contributed by atoms with Crippen molar-refractivity contribution in [1.82, 2.24) is 9.78 Å². The van der Waals surface area contributed by atoms with Crippen molar-refractivity contribution in [2.75, 3.05) is 5.73 Å². The average molecular weight is 329 g/mol. The molecule has 0 aliphatic rings. The second kappa shape index (κ2) is 4.94. The third kappa shape index (κ3) is 2.27. The fourth-order valence-electron chi connectivity index (χ4n) is 2.00. The molecule has 1 aromatic carbocycles. The number of halogens is 2. The number of hydrogen-bond acceptors (Lipinski definition) is 2. The highest BCUT2D eigenvalue weighted by molar-refractivity contribution is 9.10. The molecule has 2 aromatic rings. The Morgan fingerprint density at radius 1 is 1.39 bits per heavy atom. The highest BCUT2D eigenvalue weighted by Crippen LogP contribution is 2.37. The first-order valence-corrected chi connectivity index (χ1v) is 6.86. The van der Waals surface area contributed by atoms with E-state index in [-0.39, 0.29) is 0 Å². The summed E-state index contributed by atoms with van der Waals surface area (Å²) in [5, 5.41) is 5.19. The quantitative estimate of drug-likeness (QED) is 0.897. The molecular weight excluding hydrogens is 314 g/mol. The van der Waals surface area contributed by atoms with Gasteiger partial charge in [-0.1, -0.05) is 41.4 Å². The Hall–Kier alpha value is -1.00. The fourth-order valence-corrected chi connectivity index (χ4v) is 2.61. The Bertz CT molecular complexity index is 590. The van der Waals surface area contributed by atoms with Gasteiger partial charge in [-0.05, 0) is 24.1 Å². The third-order valence-corrected chi connectivity index (χ3v) is 3.82. The predicted octanol–water partition coefficient (Wildman–Crippen LogP) is 4.21. The molecule has 0 radical (unpaired) electrons. The number of aryl methyl sites for hydroxylation is 1. The molecule has 96 valence electrons. The Morgan fingerprint density at radius 2 is 2.06 bits per heavy atom. The summed E-state index contributed by atoms with van der Waals surface area (Å²) in [6, 6.07) is 5.67. The molecular formula is C13H15BrClN3. The molecule has 0 unspecified atom stereocenters. The van der Waals surface area contributed by atoms with Gasteiger partial charge in [0.05, 0.1) is 5.69 Å². The summed E-state index contributed by atoms with van der Waals surface area (Å²) in [5.41, 5.74) is 9.00. The monoisotopic (exact) mass is 327 g/mol. The van der Waals surface area contributed by atoms with Crippen LogP contribution in [0.4, 0.5) is 5.82 Å². The summed E-state index contributed by atoms with van der Waals surface area (Å²) in [6.07, 6.45) is 0. The number of benzene rings is 1. The van der Waals surface area contributed by atoms with Crippen molar-refractivity contribution in [1.29, 1.82) is 0 Å². The van der Waals surface area contributed by atoms with Gasteiger partial charge in [0, 0.05) is 27.7 Å². The maximum Gasteiger partial charge on any atom is 0.125 e. The summed E-state index contributed by atoms with van der Waals surface area (Å²) in [6.45, 7) is 4.21. The summed E-state index contributed by atoms with van der Waals surface area (Å²) >= 11 is 9.59. The lowest BCUT2D eigenvalue weighted by atomic mass is 9.99. The van der Waals surface area contributed by atoms with E-state index in [1.165, 1.54) is 0 Å². The van der Waals surface area contributed by atoms with Gasteiger partial charge in [0.1, 0.15) is 5.82 Å². The minimum absolute atomic E-state index is 0.305. The first-order valence-electron chi connectivity index (χ1n) is 5.69. The Balaban J connectivity index is 2.71. The second-order valence-electron chi connectivity index (χ2n) is 4.55. The summed E-state index contributed by atoms with van der Waals surface area (Å²) in [4.78, 5) is 0. The molecule has 0 saturated heterocycles. The highest BCUT2D eigenvalue weighted by Gasteiger charge is 2.20. The molecule has 0 spiro atoms. The van der Waals surface area contributed by atoms with E-state index in [1.54, 1.807) is 4.68 Å². The van der Waals surface area contributed by atoms with Crippen LogP contribution >= 0.6 is 27.5 Å². The number of nitrogen functional groups attached to an aromatic ring is 1. The van der Waals surface area contributed by atoms with Crippen LogP contribution in [0.5, 0.6) is 0 Å². The van der Waals surface area contributed by atoms with Crippen molar-refractivity contribution in [2.45, 2.75) is 19.8 Å². The smallest absolute Gasteiger partial charge is 0.125 e. The molecule has 0 amide bonds. The lowest BCUT2D eigenvalue weighted by molar-refractivity contribution is 0.780. The average Bonchev–Trinajstić information content (AvgIpc) is 2.59. The fraction of sp³-hybridized carbons (Fsp3) is 0.308. The number of nitrogens with zero attached hydrogens (tertiary/aromatic N) is 2. The van der Waals surface area contributed by atoms with E-state index in [9.17, 15) is 0 Å². The molecule has 0 aliphatic heterocycles. The molecule has 1 heterocycles. The van der Waals surface area contributed by atoms with E-state index < -0.39 is 0 Å². The molecule has 0 atom stereocenters. The van der Waals surface area contributed by atoms with E-state index in [2.05, 4.69) is 34.9 Å². The van der Waals surface area contributed by atoms with Gasteiger partial charge in [0.2, 0.25) is 0 Å². The SMILES string of the molecule is CC(C)c1c(-c2cc(Cl)ccc2Br)nn(C)c1N. The predicted molar refractivity (Wildman–Crippen MR) is 79.9 cm³/mol. The van der Waals surface area contributed by atoms with Crippen LogP contribution in [0.25, 0.3) is 11.3 Å². The molecule has 0 aliphatic carbocycles. The molecule has 18 heavy (non-hydrogen) atoms. The van der Waals surface area contributed by atoms with Crippen molar-refractivity contribution in [3.63, 3.8) is 0 Å². The lowest BCUT2D eigenvalue weighted by Gasteiger charge is -2.09. The maximum atomic E-state index is 6.08. The Kier molecular flexibility index (Phi) is 3.69. The van der Waals surface area contributed by atoms with Gasteiger partial charge in [-0.3, -0.25) is 4.68 Å².